The number of amides is 1. The molecule has 2 aromatic rings. The van der Waals surface area contributed by atoms with Gasteiger partial charge in [0.25, 0.3) is 5.91 Å². The van der Waals surface area contributed by atoms with Crippen molar-refractivity contribution in [2.75, 3.05) is 7.05 Å². The number of rotatable bonds is 4. The largest absolute Gasteiger partial charge is 0.345 e. The third kappa shape index (κ3) is 3.37. The van der Waals surface area contributed by atoms with Gasteiger partial charge < -0.3 is 9.47 Å². The highest BCUT2D eigenvalue weighted by Crippen LogP contribution is 2.32. The van der Waals surface area contributed by atoms with Gasteiger partial charge in [-0.3, -0.25) is 9.78 Å². The fraction of sp³-hybridized carbons (Fsp3) is 0.500. The van der Waals surface area contributed by atoms with Crippen LogP contribution in [0.3, 0.4) is 0 Å². The van der Waals surface area contributed by atoms with Crippen LogP contribution in [0.2, 0.25) is 0 Å². The summed E-state index contributed by atoms with van der Waals surface area (Å²) in [6, 6.07) is 6.53. The predicted molar refractivity (Wildman–Crippen MR) is 96.1 cm³/mol. The highest BCUT2D eigenvalue weighted by molar-refractivity contribution is 5.95. The zero-order valence-electron chi connectivity index (χ0n) is 15.0. The molecule has 0 N–H and O–H groups in total. The number of aromatic nitrogens is 2. The monoisotopic (exact) mass is 325 g/mol. The van der Waals surface area contributed by atoms with Crippen LogP contribution in [-0.2, 0) is 6.54 Å². The molecule has 0 aromatic carbocycles. The van der Waals surface area contributed by atoms with Gasteiger partial charge in [0.1, 0.15) is 0 Å². The lowest BCUT2D eigenvalue weighted by molar-refractivity contribution is 0.0784. The van der Waals surface area contributed by atoms with E-state index in [0.717, 1.165) is 16.8 Å². The Hall–Kier alpha value is -2.10. The lowest BCUT2D eigenvalue weighted by Crippen LogP contribution is -2.27. The van der Waals surface area contributed by atoms with Crippen LogP contribution in [0.5, 0.6) is 0 Å². The number of carbonyl (C=O) groups is 1. The SMILES string of the molecule is Cc1cc(C(=O)N(C)Cc2cccnc2)c(C)n1C1CCCCC1. The molecule has 4 heteroatoms. The highest BCUT2D eigenvalue weighted by Gasteiger charge is 2.24. The molecule has 1 aliphatic carbocycles. The second kappa shape index (κ2) is 7.20. The third-order valence-electron chi connectivity index (χ3n) is 5.14. The molecule has 0 atom stereocenters. The van der Waals surface area contributed by atoms with Crippen molar-refractivity contribution in [1.29, 1.82) is 0 Å². The molecule has 1 fully saturated rings. The van der Waals surface area contributed by atoms with Crippen molar-refractivity contribution in [3.8, 4) is 0 Å². The fourth-order valence-corrected chi connectivity index (χ4v) is 3.94. The number of carbonyl (C=O) groups excluding carboxylic acids is 1. The number of hydrogen-bond donors (Lipinski definition) is 0. The zero-order chi connectivity index (χ0) is 17.1. The van der Waals surface area contributed by atoms with Crippen LogP contribution in [-0.4, -0.2) is 27.4 Å². The molecule has 0 bridgehead atoms. The van der Waals surface area contributed by atoms with Gasteiger partial charge in [-0.25, -0.2) is 0 Å². The first kappa shape index (κ1) is 16.7. The van der Waals surface area contributed by atoms with Gasteiger partial charge in [-0.1, -0.05) is 25.3 Å². The van der Waals surface area contributed by atoms with E-state index in [2.05, 4.69) is 29.5 Å². The molecular formula is C20H27N3O. The number of aryl methyl sites for hydroxylation is 1. The molecule has 4 nitrogen and oxygen atoms in total. The van der Waals surface area contributed by atoms with Crippen LogP contribution in [0.15, 0.2) is 30.6 Å². The zero-order valence-corrected chi connectivity index (χ0v) is 15.0. The quantitative estimate of drug-likeness (QED) is 0.841. The summed E-state index contributed by atoms with van der Waals surface area (Å²) in [5.41, 5.74) is 4.21. The Balaban J connectivity index is 1.80. The van der Waals surface area contributed by atoms with Crippen LogP contribution >= 0.6 is 0 Å². The second-order valence-electron chi connectivity index (χ2n) is 6.97. The molecule has 0 saturated heterocycles. The summed E-state index contributed by atoms with van der Waals surface area (Å²) in [6.45, 7) is 4.80. The van der Waals surface area contributed by atoms with E-state index in [1.807, 2.05) is 25.4 Å². The van der Waals surface area contributed by atoms with E-state index in [0.29, 0.717) is 12.6 Å². The number of pyridine rings is 1. The molecule has 1 saturated carbocycles. The Morgan fingerprint density at radius 3 is 2.71 bits per heavy atom. The number of hydrogen-bond acceptors (Lipinski definition) is 2. The van der Waals surface area contributed by atoms with Crippen molar-refractivity contribution < 1.29 is 4.79 Å². The Kier molecular flexibility index (Phi) is 5.03. The average molecular weight is 325 g/mol. The Morgan fingerprint density at radius 1 is 1.29 bits per heavy atom. The van der Waals surface area contributed by atoms with E-state index < -0.39 is 0 Å². The first-order chi connectivity index (χ1) is 11.6. The van der Waals surface area contributed by atoms with Crippen molar-refractivity contribution in [2.24, 2.45) is 0 Å². The molecule has 0 aliphatic heterocycles. The van der Waals surface area contributed by atoms with Gasteiger partial charge in [-0.2, -0.15) is 0 Å². The van der Waals surface area contributed by atoms with Crippen LogP contribution in [0.4, 0.5) is 0 Å². The van der Waals surface area contributed by atoms with E-state index >= 15 is 0 Å². The summed E-state index contributed by atoms with van der Waals surface area (Å²) >= 11 is 0. The summed E-state index contributed by atoms with van der Waals surface area (Å²) in [7, 11) is 1.86. The van der Waals surface area contributed by atoms with Crippen molar-refractivity contribution >= 4 is 5.91 Å². The van der Waals surface area contributed by atoms with Crippen LogP contribution < -0.4 is 0 Å². The summed E-state index contributed by atoms with van der Waals surface area (Å²) in [6.07, 6.45) is 9.97. The maximum Gasteiger partial charge on any atom is 0.255 e. The van der Waals surface area contributed by atoms with E-state index in [1.54, 1.807) is 11.1 Å². The third-order valence-corrected chi connectivity index (χ3v) is 5.14. The summed E-state index contributed by atoms with van der Waals surface area (Å²) < 4.78 is 2.39. The summed E-state index contributed by atoms with van der Waals surface area (Å²) in [5.74, 6) is 0.0917. The molecule has 1 aliphatic rings. The molecule has 0 radical (unpaired) electrons. The van der Waals surface area contributed by atoms with E-state index in [-0.39, 0.29) is 5.91 Å². The van der Waals surface area contributed by atoms with Crippen LogP contribution in [0, 0.1) is 13.8 Å². The Morgan fingerprint density at radius 2 is 2.04 bits per heavy atom. The molecule has 3 rings (SSSR count). The smallest absolute Gasteiger partial charge is 0.255 e. The van der Waals surface area contributed by atoms with Crippen molar-refractivity contribution in [2.45, 2.75) is 58.5 Å². The summed E-state index contributed by atoms with van der Waals surface area (Å²) in [5, 5.41) is 0. The minimum Gasteiger partial charge on any atom is -0.345 e. The molecular weight excluding hydrogens is 298 g/mol. The van der Waals surface area contributed by atoms with Crippen molar-refractivity contribution in [3.05, 3.63) is 53.1 Å². The Bertz CT molecular complexity index is 699. The molecule has 128 valence electrons. The highest BCUT2D eigenvalue weighted by atomic mass is 16.2. The van der Waals surface area contributed by atoms with Gasteiger partial charge in [-0.05, 0) is 44.4 Å². The molecule has 0 unspecified atom stereocenters. The average Bonchev–Trinajstić information content (AvgIpc) is 2.90. The van der Waals surface area contributed by atoms with Crippen molar-refractivity contribution in [3.63, 3.8) is 0 Å². The second-order valence-corrected chi connectivity index (χ2v) is 6.97. The molecule has 24 heavy (non-hydrogen) atoms. The minimum atomic E-state index is 0.0917. The van der Waals surface area contributed by atoms with Crippen molar-refractivity contribution in [1.82, 2.24) is 14.5 Å². The topological polar surface area (TPSA) is 38.1 Å². The first-order valence-electron chi connectivity index (χ1n) is 8.90. The molecule has 2 heterocycles. The van der Waals surface area contributed by atoms with E-state index in [1.165, 1.54) is 37.8 Å². The standard InChI is InChI=1S/C20H27N3O/c1-15-12-19(16(2)23(15)18-9-5-4-6-10-18)20(24)22(3)14-17-8-7-11-21-13-17/h7-8,11-13,18H,4-6,9-10,14H2,1-3H3. The van der Waals surface area contributed by atoms with Gasteiger partial charge >= 0.3 is 0 Å². The lowest BCUT2D eigenvalue weighted by atomic mass is 9.95. The fourth-order valence-electron chi connectivity index (χ4n) is 3.94. The Labute approximate surface area is 144 Å². The maximum atomic E-state index is 12.9. The maximum absolute atomic E-state index is 12.9. The van der Waals surface area contributed by atoms with Gasteiger partial charge in [-0.15, -0.1) is 0 Å². The van der Waals surface area contributed by atoms with Gasteiger partial charge in [0.15, 0.2) is 0 Å². The molecule has 0 spiro atoms. The van der Waals surface area contributed by atoms with Gasteiger partial charge in [0.05, 0.1) is 5.56 Å². The summed E-state index contributed by atoms with van der Waals surface area (Å²) in [4.78, 5) is 18.8. The molecule has 2 aromatic heterocycles. The molecule has 1 amide bonds. The lowest BCUT2D eigenvalue weighted by Gasteiger charge is -2.26. The van der Waals surface area contributed by atoms with E-state index in [9.17, 15) is 4.79 Å². The normalized spacial score (nSPS) is 15.5. The number of nitrogens with zero attached hydrogens (tertiary/aromatic N) is 3. The van der Waals surface area contributed by atoms with E-state index in [4.69, 9.17) is 0 Å². The van der Waals surface area contributed by atoms with Gasteiger partial charge in [0, 0.05) is 43.4 Å². The minimum absolute atomic E-state index is 0.0917. The predicted octanol–water partition coefficient (Wildman–Crippen LogP) is 4.28. The van der Waals surface area contributed by atoms with Gasteiger partial charge in [0.2, 0.25) is 0 Å². The van der Waals surface area contributed by atoms with Crippen LogP contribution in [0.1, 0.15) is 65.5 Å². The van der Waals surface area contributed by atoms with Crippen LogP contribution in [0.25, 0.3) is 0 Å². The first-order valence-corrected chi connectivity index (χ1v) is 8.90.